The second-order valence-electron chi connectivity index (χ2n) is 5.27. The summed E-state index contributed by atoms with van der Waals surface area (Å²) in [4.78, 5) is 11.8. The van der Waals surface area contributed by atoms with Crippen molar-refractivity contribution in [3.8, 4) is 11.5 Å². The molecular weight excluding hydrogens is 318 g/mol. The molecule has 22 heavy (non-hydrogen) atoms. The molecule has 2 aliphatic heterocycles. The third kappa shape index (κ3) is 3.98. The van der Waals surface area contributed by atoms with E-state index in [0.29, 0.717) is 18.0 Å². The van der Waals surface area contributed by atoms with Crippen LogP contribution in [0.15, 0.2) is 18.2 Å². The van der Waals surface area contributed by atoms with Crippen molar-refractivity contribution >= 4 is 24.0 Å². The van der Waals surface area contributed by atoms with Gasteiger partial charge in [-0.15, -0.1) is 21.2 Å². The number of benzene rings is 1. The van der Waals surface area contributed by atoms with Gasteiger partial charge in [-0.2, -0.15) is 0 Å². The van der Waals surface area contributed by atoms with Gasteiger partial charge in [-0.3, -0.25) is 4.79 Å². The first-order valence-corrected chi connectivity index (χ1v) is 6.92. The van der Waals surface area contributed by atoms with Gasteiger partial charge >= 0.3 is 6.29 Å². The first-order chi connectivity index (χ1) is 10.0. The summed E-state index contributed by atoms with van der Waals surface area (Å²) in [5, 5.41) is 5.93. The van der Waals surface area contributed by atoms with Gasteiger partial charge < -0.3 is 20.1 Å². The SMILES string of the molecule is Cl.O=C(CCC1CCNC1)Nc1ccc2c(c1)OC(F)(F)O2. The summed E-state index contributed by atoms with van der Waals surface area (Å²) in [6.07, 6.45) is -1.31. The largest absolute Gasteiger partial charge is 0.586 e. The van der Waals surface area contributed by atoms with Crippen molar-refractivity contribution in [1.82, 2.24) is 5.32 Å². The fourth-order valence-corrected chi connectivity index (χ4v) is 2.55. The van der Waals surface area contributed by atoms with Gasteiger partial charge in [0.25, 0.3) is 0 Å². The van der Waals surface area contributed by atoms with Crippen LogP contribution in [-0.2, 0) is 4.79 Å². The van der Waals surface area contributed by atoms with E-state index < -0.39 is 6.29 Å². The number of anilines is 1. The zero-order valence-corrected chi connectivity index (χ0v) is 12.6. The van der Waals surface area contributed by atoms with Gasteiger partial charge in [-0.05, 0) is 44.0 Å². The van der Waals surface area contributed by atoms with Crippen LogP contribution in [0.1, 0.15) is 19.3 Å². The third-order valence-corrected chi connectivity index (χ3v) is 3.63. The zero-order chi connectivity index (χ0) is 14.9. The molecule has 1 amide bonds. The van der Waals surface area contributed by atoms with E-state index in [4.69, 9.17) is 0 Å². The Bertz CT molecular complexity index is 551. The van der Waals surface area contributed by atoms with E-state index in [1.54, 1.807) is 0 Å². The molecule has 1 fully saturated rings. The van der Waals surface area contributed by atoms with E-state index in [0.717, 1.165) is 25.9 Å². The molecule has 1 aromatic carbocycles. The molecule has 1 unspecified atom stereocenters. The number of alkyl halides is 2. The van der Waals surface area contributed by atoms with E-state index >= 15 is 0 Å². The number of ether oxygens (including phenoxy) is 2. The molecule has 3 rings (SSSR count). The van der Waals surface area contributed by atoms with Crippen molar-refractivity contribution in [2.75, 3.05) is 18.4 Å². The normalized spacial score (nSPS) is 21.3. The minimum absolute atomic E-state index is 0. The first kappa shape index (κ1) is 16.8. The number of fused-ring (bicyclic) bond motifs is 1. The van der Waals surface area contributed by atoms with Crippen LogP contribution in [0.2, 0.25) is 0 Å². The predicted molar refractivity (Wildman–Crippen MR) is 78.7 cm³/mol. The number of carbonyl (C=O) groups is 1. The molecule has 1 atom stereocenters. The van der Waals surface area contributed by atoms with Crippen LogP contribution in [0.4, 0.5) is 14.5 Å². The molecule has 0 radical (unpaired) electrons. The van der Waals surface area contributed by atoms with Gasteiger partial charge in [-0.25, -0.2) is 0 Å². The highest BCUT2D eigenvalue weighted by Gasteiger charge is 2.43. The summed E-state index contributed by atoms with van der Waals surface area (Å²) in [5.41, 5.74) is 0.421. The Morgan fingerprint density at radius 3 is 2.86 bits per heavy atom. The highest BCUT2D eigenvalue weighted by atomic mass is 35.5. The molecule has 2 heterocycles. The third-order valence-electron chi connectivity index (χ3n) is 3.63. The molecule has 122 valence electrons. The molecule has 0 aliphatic carbocycles. The van der Waals surface area contributed by atoms with Crippen LogP contribution in [0.5, 0.6) is 11.5 Å². The molecule has 5 nitrogen and oxygen atoms in total. The first-order valence-electron chi connectivity index (χ1n) is 6.92. The molecule has 2 aliphatic rings. The standard InChI is InChI=1S/C14H16F2N2O3.ClH/c15-14(16)20-11-3-2-10(7-12(11)21-14)18-13(19)4-1-9-5-6-17-8-9;/h2-3,7,9,17H,1,4-6,8H2,(H,18,19);1H. The van der Waals surface area contributed by atoms with E-state index in [1.807, 2.05) is 0 Å². The monoisotopic (exact) mass is 334 g/mol. The van der Waals surface area contributed by atoms with Gasteiger partial charge in [-0.1, -0.05) is 0 Å². The van der Waals surface area contributed by atoms with Gasteiger partial charge in [0.2, 0.25) is 5.91 Å². The van der Waals surface area contributed by atoms with Gasteiger partial charge in [0, 0.05) is 18.2 Å². The quantitative estimate of drug-likeness (QED) is 0.889. The molecule has 1 aromatic rings. The molecule has 0 aromatic heterocycles. The lowest BCUT2D eigenvalue weighted by Gasteiger charge is -2.09. The lowest BCUT2D eigenvalue weighted by molar-refractivity contribution is -0.286. The number of nitrogens with one attached hydrogen (secondary N) is 2. The molecule has 1 saturated heterocycles. The van der Waals surface area contributed by atoms with Gasteiger partial charge in [0.15, 0.2) is 11.5 Å². The Kier molecular flexibility index (Phi) is 5.08. The zero-order valence-electron chi connectivity index (χ0n) is 11.7. The second kappa shape index (κ2) is 6.66. The van der Waals surface area contributed by atoms with E-state index in [2.05, 4.69) is 20.1 Å². The van der Waals surface area contributed by atoms with Crippen LogP contribution < -0.4 is 20.1 Å². The molecule has 0 saturated carbocycles. The Balaban J connectivity index is 0.00000176. The van der Waals surface area contributed by atoms with Crippen LogP contribution in [0.3, 0.4) is 0 Å². The lowest BCUT2D eigenvalue weighted by Crippen LogP contribution is -2.25. The smallest absolute Gasteiger partial charge is 0.395 e. The Labute approximate surface area is 132 Å². The highest BCUT2D eigenvalue weighted by molar-refractivity contribution is 5.91. The van der Waals surface area contributed by atoms with Crippen LogP contribution in [-0.4, -0.2) is 25.3 Å². The molecule has 0 bridgehead atoms. The van der Waals surface area contributed by atoms with Crippen molar-refractivity contribution in [3.63, 3.8) is 0 Å². The van der Waals surface area contributed by atoms with Crippen molar-refractivity contribution in [3.05, 3.63) is 18.2 Å². The van der Waals surface area contributed by atoms with E-state index in [9.17, 15) is 13.6 Å². The summed E-state index contributed by atoms with van der Waals surface area (Å²) in [6, 6.07) is 4.20. The predicted octanol–water partition coefficient (Wildman–Crippen LogP) is 2.76. The summed E-state index contributed by atoms with van der Waals surface area (Å²) in [7, 11) is 0. The highest BCUT2D eigenvalue weighted by Crippen LogP contribution is 2.42. The summed E-state index contributed by atoms with van der Waals surface area (Å²) in [5.74, 6) is 0.298. The van der Waals surface area contributed by atoms with Crippen molar-refractivity contribution in [2.24, 2.45) is 5.92 Å². The molecule has 0 spiro atoms. The van der Waals surface area contributed by atoms with Crippen LogP contribution in [0.25, 0.3) is 0 Å². The average Bonchev–Trinajstić information content (AvgIpc) is 3.01. The number of halogens is 3. The van der Waals surface area contributed by atoms with Crippen molar-refractivity contribution in [1.29, 1.82) is 0 Å². The average molecular weight is 335 g/mol. The number of carbonyl (C=O) groups excluding carboxylic acids is 1. The number of amides is 1. The molecule has 8 heteroatoms. The Hall–Kier alpha value is -1.60. The molecule has 2 N–H and O–H groups in total. The minimum atomic E-state index is -3.64. The summed E-state index contributed by atoms with van der Waals surface area (Å²) >= 11 is 0. The minimum Gasteiger partial charge on any atom is -0.395 e. The van der Waals surface area contributed by atoms with Crippen molar-refractivity contribution < 1.29 is 23.0 Å². The van der Waals surface area contributed by atoms with E-state index in [-0.39, 0.29) is 29.8 Å². The van der Waals surface area contributed by atoms with Gasteiger partial charge in [0.05, 0.1) is 0 Å². The number of rotatable bonds is 4. The van der Waals surface area contributed by atoms with Gasteiger partial charge in [0.1, 0.15) is 0 Å². The lowest BCUT2D eigenvalue weighted by atomic mass is 10.0. The Morgan fingerprint density at radius 1 is 1.36 bits per heavy atom. The van der Waals surface area contributed by atoms with Crippen LogP contribution >= 0.6 is 12.4 Å². The summed E-state index contributed by atoms with van der Waals surface area (Å²) < 4.78 is 34.4. The van der Waals surface area contributed by atoms with Crippen LogP contribution in [0, 0.1) is 5.92 Å². The fourth-order valence-electron chi connectivity index (χ4n) is 2.55. The number of hydrogen-bond acceptors (Lipinski definition) is 4. The topological polar surface area (TPSA) is 59.6 Å². The maximum Gasteiger partial charge on any atom is 0.586 e. The fraction of sp³-hybridized carbons (Fsp3) is 0.500. The number of hydrogen-bond donors (Lipinski definition) is 2. The Morgan fingerprint density at radius 2 is 2.14 bits per heavy atom. The van der Waals surface area contributed by atoms with E-state index in [1.165, 1.54) is 18.2 Å². The maximum absolute atomic E-state index is 12.9. The molecular formula is C14H17ClF2N2O3. The maximum atomic E-state index is 12.9. The van der Waals surface area contributed by atoms with Crippen molar-refractivity contribution in [2.45, 2.75) is 25.6 Å². The second-order valence-corrected chi connectivity index (χ2v) is 5.27. The summed E-state index contributed by atoms with van der Waals surface area (Å²) in [6.45, 7) is 1.95.